The monoisotopic (exact) mass is 464 g/mol. The van der Waals surface area contributed by atoms with Gasteiger partial charge in [-0.15, -0.1) is 0 Å². The van der Waals surface area contributed by atoms with Crippen molar-refractivity contribution in [2.45, 2.75) is 39.2 Å². The maximum Gasteiger partial charge on any atom is 0.251 e. The Kier molecular flexibility index (Phi) is 6.55. The van der Waals surface area contributed by atoms with Crippen molar-refractivity contribution in [2.24, 2.45) is 0 Å². The van der Waals surface area contributed by atoms with E-state index in [2.05, 4.69) is 5.10 Å². The molecular formula is C22H26Cl2N4O3. The lowest BCUT2D eigenvalue weighted by atomic mass is 10.1. The van der Waals surface area contributed by atoms with Gasteiger partial charge in [-0.1, -0.05) is 23.2 Å². The summed E-state index contributed by atoms with van der Waals surface area (Å²) >= 11 is 12.4. The van der Waals surface area contributed by atoms with Crippen LogP contribution in [0, 0.1) is 13.8 Å². The number of rotatable bonds is 4. The average molecular weight is 465 g/mol. The Morgan fingerprint density at radius 1 is 1.13 bits per heavy atom. The van der Waals surface area contributed by atoms with E-state index < -0.39 is 0 Å². The number of carbonyl (C=O) groups excluding carboxylic acids is 2. The maximum absolute atomic E-state index is 13.0. The van der Waals surface area contributed by atoms with Gasteiger partial charge in [-0.05, 0) is 44.9 Å². The fourth-order valence-corrected chi connectivity index (χ4v) is 4.72. The third-order valence-electron chi connectivity index (χ3n) is 6.06. The van der Waals surface area contributed by atoms with E-state index in [-0.39, 0.29) is 24.3 Å². The number of aromatic nitrogens is 2. The first-order valence-corrected chi connectivity index (χ1v) is 11.3. The fourth-order valence-electron chi connectivity index (χ4n) is 4.23. The number of nitrogens with zero attached hydrogens (tertiary/aromatic N) is 4. The van der Waals surface area contributed by atoms with Crippen molar-refractivity contribution in [3.8, 4) is 5.69 Å². The minimum Gasteiger partial charge on any atom is -0.368 e. The molecule has 2 aromatic rings. The second kappa shape index (κ2) is 9.18. The molecule has 2 fully saturated rings. The Bertz CT molecular complexity index is 993. The summed E-state index contributed by atoms with van der Waals surface area (Å²) in [4.78, 5) is 29.1. The summed E-state index contributed by atoms with van der Waals surface area (Å²) in [5, 5.41) is 5.66. The van der Waals surface area contributed by atoms with E-state index in [0.717, 1.165) is 35.5 Å². The van der Waals surface area contributed by atoms with Crippen molar-refractivity contribution < 1.29 is 14.3 Å². The van der Waals surface area contributed by atoms with Crippen molar-refractivity contribution in [3.05, 3.63) is 45.2 Å². The normalized spacial score (nSPS) is 19.2. The summed E-state index contributed by atoms with van der Waals surface area (Å²) in [5.74, 6) is 0.0922. The van der Waals surface area contributed by atoms with Gasteiger partial charge in [0.2, 0.25) is 5.91 Å². The number of hydrogen-bond donors (Lipinski definition) is 0. The van der Waals surface area contributed by atoms with Gasteiger partial charge in [0.15, 0.2) is 0 Å². The van der Waals surface area contributed by atoms with Crippen LogP contribution in [0.25, 0.3) is 5.69 Å². The van der Waals surface area contributed by atoms with Gasteiger partial charge in [0.25, 0.3) is 5.91 Å². The van der Waals surface area contributed by atoms with Gasteiger partial charge in [0, 0.05) is 49.1 Å². The van der Waals surface area contributed by atoms with E-state index >= 15 is 0 Å². The topological polar surface area (TPSA) is 67.7 Å². The number of hydrogen-bond acceptors (Lipinski definition) is 4. The first-order chi connectivity index (χ1) is 14.8. The number of amides is 2. The largest absolute Gasteiger partial charge is 0.368 e. The van der Waals surface area contributed by atoms with Gasteiger partial charge in [-0.3, -0.25) is 9.59 Å². The molecule has 1 aromatic carbocycles. The molecule has 0 aliphatic carbocycles. The lowest BCUT2D eigenvalue weighted by molar-refractivity contribution is -0.145. The first kappa shape index (κ1) is 22.1. The molecule has 2 amide bonds. The molecule has 2 aliphatic rings. The van der Waals surface area contributed by atoms with Crippen LogP contribution >= 0.6 is 23.2 Å². The van der Waals surface area contributed by atoms with E-state index in [0.29, 0.717) is 42.8 Å². The number of carbonyl (C=O) groups is 2. The molecule has 0 N–H and O–H groups in total. The lowest BCUT2D eigenvalue weighted by Crippen LogP contribution is -2.53. The summed E-state index contributed by atoms with van der Waals surface area (Å²) in [6.07, 6.45) is 1.68. The molecule has 0 spiro atoms. The van der Waals surface area contributed by atoms with Gasteiger partial charge in [0.1, 0.15) is 6.10 Å². The van der Waals surface area contributed by atoms with Crippen molar-refractivity contribution >= 4 is 35.0 Å². The molecule has 1 unspecified atom stereocenters. The highest BCUT2D eigenvalue weighted by Crippen LogP contribution is 2.27. The Morgan fingerprint density at radius 2 is 1.84 bits per heavy atom. The average Bonchev–Trinajstić information content (AvgIpc) is 3.38. The minimum atomic E-state index is -0.307. The van der Waals surface area contributed by atoms with E-state index in [4.69, 9.17) is 27.9 Å². The van der Waals surface area contributed by atoms with Crippen LogP contribution in [0.1, 0.15) is 29.8 Å². The van der Waals surface area contributed by atoms with E-state index in [9.17, 15) is 9.59 Å². The van der Waals surface area contributed by atoms with Crippen LogP contribution in [0.4, 0.5) is 0 Å². The molecular weight excluding hydrogens is 439 g/mol. The van der Waals surface area contributed by atoms with Crippen LogP contribution in [-0.4, -0.2) is 70.3 Å². The molecule has 2 aliphatic heterocycles. The van der Waals surface area contributed by atoms with Gasteiger partial charge in [-0.2, -0.15) is 5.10 Å². The number of benzene rings is 1. The molecule has 2 saturated heterocycles. The quantitative estimate of drug-likeness (QED) is 0.696. The van der Waals surface area contributed by atoms with Gasteiger partial charge in [-0.25, -0.2) is 4.68 Å². The molecule has 9 heteroatoms. The summed E-state index contributed by atoms with van der Waals surface area (Å²) in [6.45, 7) is 6.64. The van der Waals surface area contributed by atoms with E-state index in [1.807, 2.05) is 29.7 Å². The Hall–Kier alpha value is -2.09. The Balaban J connectivity index is 1.41. The highest BCUT2D eigenvalue weighted by molar-refractivity contribution is 6.35. The smallest absolute Gasteiger partial charge is 0.251 e. The van der Waals surface area contributed by atoms with E-state index in [1.54, 1.807) is 16.8 Å². The molecule has 0 radical (unpaired) electrons. The predicted molar refractivity (Wildman–Crippen MR) is 119 cm³/mol. The van der Waals surface area contributed by atoms with Gasteiger partial charge < -0.3 is 14.5 Å². The highest BCUT2D eigenvalue weighted by atomic mass is 35.5. The van der Waals surface area contributed by atoms with E-state index in [1.165, 1.54) is 0 Å². The molecule has 7 nitrogen and oxygen atoms in total. The van der Waals surface area contributed by atoms with Crippen molar-refractivity contribution in [3.63, 3.8) is 0 Å². The molecule has 3 heterocycles. The fraction of sp³-hybridized carbons (Fsp3) is 0.500. The summed E-state index contributed by atoms with van der Waals surface area (Å²) in [7, 11) is 0. The molecule has 166 valence electrons. The summed E-state index contributed by atoms with van der Waals surface area (Å²) in [6, 6.07) is 5.26. The van der Waals surface area contributed by atoms with Crippen molar-refractivity contribution in [1.82, 2.24) is 19.6 Å². The Morgan fingerprint density at radius 3 is 2.48 bits per heavy atom. The van der Waals surface area contributed by atoms with Gasteiger partial charge in [0.05, 0.1) is 22.8 Å². The Labute approximate surface area is 191 Å². The number of aryl methyl sites for hydroxylation is 1. The molecule has 31 heavy (non-hydrogen) atoms. The van der Waals surface area contributed by atoms with Crippen LogP contribution in [0.2, 0.25) is 10.0 Å². The molecule has 0 saturated carbocycles. The third kappa shape index (κ3) is 4.59. The maximum atomic E-state index is 13.0. The van der Waals surface area contributed by atoms with Crippen LogP contribution in [0.3, 0.4) is 0 Å². The van der Waals surface area contributed by atoms with Crippen LogP contribution in [-0.2, 0) is 20.7 Å². The zero-order chi connectivity index (χ0) is 22.1. The van der Waals surface area contributed by atoms with Crippen molar-refractivity contribution in [1.29, 1.82) is 0 Å². The second-order valence-corrected chi connectivity index (χ2v) is 8.89. The number of ether oxygens (including phenoxy) is 1. The summed E-state index contributed by atoms with van der Waals surface area (Å²) < 4.78 is 7.26. The first-order valence-electron chi connectivity index (χ1n) is 10.5. The third-order valence-corrected chi connectivity index (χ3v) is 6.59. The highest BCUT2D eigenvalue weighted by Gasteiger charge is 2.31. The van der Waals surface area contributed by atoms with Crippen molar-refractivity contribution in [2.75, 3.05) is 32.8 Å². The zero-order valence-electron chi connectivity index (χ0n) is 17.7. The van der Waals surface area contributed by atoms with Crippen LogP contribution in [0.15, 0.2) is 18.2 Å². The zero-order valence-corrected chi connectivity index (χ0v) is 19.2. The number of halogens is 2. The lowest BCUT2D eigenvalue weighted by Gasteiger charge is -2.35. The summed E-state index contributed by atoms with van der Waals surface area (Å²) in [5.41, 5.74) is 3.30. The van der Waals surface area contributed by atoms with Crippen LogP contribution < -0.4 is 0 Å². The predicted octanol–water partition coefficient (Wildman–Crippen LogP) is 3.19. The molecule has 0 bridgehead atoms. The number of piperazine rings is 1. The SMILES string of the molecule is Cc1nn(-c2ccc(Cl)cc2Cl)c(C)c1CC(=O)N1CCN(C(=O)C2CCCO2)CC1. The molecule has 1 aromatic heterocycles. The van der Waals surface area contributed by atoms with Gasteiger partial charge >= 0.3 is 0 Å². The molecule has 4 rings (SSSR count). The molecule has 1 atom stereocenters. The minimum absolute atomic E-state index is 0.0390. The van der Waals surface area contributed by atoms with Crippen LogP contribution in [0.5, 0.6) is 0 Å². The standard InChI is InChI=1S/C22H26Cl2N4O3/c1-14-17(15(2)28(25-14)19-6-5-16(23)12-18(19)24)13-21(29)26-7-9-27(10-8-26)22(30)20-4-3-11-31-20/h5-6,12,20H,3-4,7-11,13H2,1-2H3. The second-order valence-electron chi connectivity index (χ2n) is 8.04.